The fraction of sp³-hybridized carbons (Fsp3) is 0.100. The minimum absolute atomic E-state index is 0.0549. The lowest BCUT2D eigenvalue weighted by Crippen LogP contribution is -2.04. The van der Waals surface area contributed by atoms with Crippen LogP contribution in [0.3, 0.4) is 0 Å². The quantitative estimate of drug-likeness (QED) is 0.789. The molecule has 0 fully saturated rings. The summed E-state index contributed by atoms with van der Waals surface area (Å²) in [6.45, 7) is 0. The average Bonchev–Trinajstić information content (AvgIpc) is 2.29. The van der Waals surface area contributed by atoms with E-state index >= 15 is 0 Å². The van der Waals surface area contributed by atoms with E-state index in [1.807, 2.05) is 0 Å². The van der Waals surface area contributed by atoms with Crippen LogP contribution in [0.4, 0.5) is 13.2 Å². The molecule has 0 bridgehead atoms. The van der Waals surface area contributed by atoms with Crippen molar-refractivity contribution >= 4 is 11.6 Å². The van der Waals surface area contributed by atoms with Crippen LogP contribution < -0.4 is 0 Å². The van der Waals surface area contributed by atoms with Crippen molar-refractivity contribution < 1.29 is 13.2 Å². The molecular weight excluding hydrogens is 255 g/mol. The summed E-state index contributed by atoms with van der Waals surface area (Å²) >= 11 is 5.44. The molecule has 0 N–H and O–H groups in total. The van der Waals surface area contributed by atoms with Crippen LogP contribution in [0.25, 0.3) is 11.3 Å². The predicted octanol–water partition coefficient (Wildman–Crippen LogP) is 3.21. The van der Waals surface area contributed by atoms with E-state index in [4.69, 9.17) is 11.6 Å². The van der Waals surface area contributed by atoms with Crippen molar-refractivity contribution in [3.8, 4) is 11.3 Å². The SMILES string of the molecule is FC(F)(F)c1cccc(-c2cnc(Cl)nn2)c1. The molecule has 0 radical (unpaired) electrons. The molecule has 88 valence electrons. The van der Waals surface area contributed by atoms with Gasteiger partial charge in [0, 0.05) is 5.56 Å². The highest BCUT2D eigenvalue weighted by molar-refractivity contribution is 6.28. The van der Waals surface area contributed by atoms with Gasteiger partial charge in [-0.2, -0.15) is 13.2 Å². The minimum atomic E-state index is -4.39. The van der Waals surface area contributed by atoms with Gasteiger partial charge in [-0.3, -0.25) is 0 Å². The lowest BCUT2D eigenvalue weighted by Gasteiger charge is -2.07. The summed E-state index contributed by atoms with van der Waals surface area (Å²) in [5.41, 5.74) is -0.219. The van der Waals surface area contributed by atoms with Gasteiger partial charge in [0.1, 0.15) is 5.69 Å². The topological polar surface area (TPSA) is 38.7 Å². The van der Waals surface area contributed by atoms with Crippen LogP contribution >= 0.6 is 11.6 Å². The van der Waals surface area contributed by atoms with E-state index in [1.54, 1.807) is 0 Å². The van der Waals surface area contributed by atoms with Crippen molar-refractivity contribution in [3.63, 3.8) is 0 Å². The number of alkyl halides is 3. The number of hydrogen-bond acceptors (Lipinski definition) is 3. The zero-order valence-electron chi connectivity index (χ0n) is 8.24. The lowest BCUT2D eigenvalue weighted by atomic mass is 10.1. The smallest absolute Gasteiger partial charge is 0.223 e. The number of halogens is 4. The summed E-state index contributed by atoms with van der Waals surface area (Å²) in [6.07, 6.45) is -3.12. The molecule has 2 rings (SSSR count). The molecule has 0 aliphatic heterocycles. The predicted molar refractivity (Wildman–Crippen MR) is 55.3 cm³/mol. The van der Waals surface area contributed by atoms with Crippen LogP contribution in [0.5, 0.6) is 0 Å². The van der Waals surface area contributed by atoms with Gasteiger partial charge in [0.15, 0.2) is 0 Å². The second-order valence-corrected chi connectivity index (χ2v) is 3.53. The number of benzene rings is 1. The van der Waals surface area contributed by atoms with Crippen molar-refractivity contribution in [1.82, 2.24) is 15.2 Å². The largest absolute Gasteiger partial charge is 0.416 e. The van der Waals surface area contributed by atoms with Gasteiger partial charge in [-0.15, -0.1) is 10.2 Å². The molecule has 0 aliphatic carbocycles. The third kappa shape index (κ3) is 2.71. The molecule has 7 heteroatoms. The van der Waals surface area contributed by atoms with E-state index in [0.717, 1.165) is 12.1 Å². The maximum Gasteiger partial charge on any atom is 0.416 e. The molecule has 1 heterocycles. The van der Waals surface area contributed by atoms with Gasteiger partial charge in [-0.25, -0.2) is 4.98 Å². The summed E-state index contributed by atoms with van der Waals surface area (Å²) in [5, 5.41) is 7.08. The molecule has 2 aromatic rings. The Morgan fingerprint density at radius 1 is 1.12 bits per heavy atom. The highest BCUT2D eigenvalue weighted by Gasteiger charge is 2.30. The number of rotatable bonds is 1. The van der Waals surface area contributed by atoms with Gasteiger partial charge in [-0.1, -0.05) is 12.1 Å². The van der Waals surface area contributed by atoms with E-state index in [0.29, 0.717) is 0 Å². The van der Waals surface area contributed by atoms with Crippen molar-refractivity contribution in [3.05, 3.63) is 41.3 Å². The Bertz CT molecular complexity index is 525. The molecule has 1 aromatic carbocycles. The molecule has 1 aromatic heterocycles. The first-order valence-corrected chi connectivity index (χ1v) is 4.87. The van der Waals surface area contributed by atoms with Gasteiger partial charge in [0.2, 0.25) is 5.28 Å². The minimum Gasteiger partial charge on any atom is -0.223 e. The van der Waals surface area contributed by atoms with Crippen LogP contribution in [0.15, 0.2) is 30.5 Å². The standard InChI is InChI=1S/C10H5ClF3N3/c11-9-15-5-8(16-17-9)6-2-1-3-7(4-6)10(12,13)14/h1-5H. The summed E-state index contributed by atoms with van der Waals surface area (Å²) in [7, 11) is 0. The molecule has 0 unspecified atom stereocenters. The molecule has 0 saturated heterocycles. The molecule has 0 saturated carbocycles. The third-order valence-electron chi connectivity index (χ3n) is 2.02. The molecule has 0 spiro atoms. The van der Waals surface area contributed by atoms with E-state index in [2.05, 4.69) is 15.2 Å². The van der Waals surface area contributed by atoms with Gasteiger partial charge in [0.05, 0.1) is 11.8 Å². The Kier molecular flexibility index (Phi) is 2.97. The second kappa shape index (κ2) is 4.29. The Morgan fingerprint density at radius 3 is 2.47 bits per heavy atom. The number of aromatic nitrogens is 3. The van der Waals surface area contributed by atoms with Crippen LogP contribution in [-0.2, 0) is 6.18 Å². The Balaban J connectivity index is 2.43. The third-order valence-corrected chi connectivity index (χ3v) is 2.19. The fourth-order valence-corrected chi connectivity index (χ4v) is 1.33. The van der Waals surface area contributed by atoms with E-state index in [9.17, 15) is 13.2 Å². The van der Waals surface area contributed by atoms with Gasteiger partial charge < -0.3 is 0 Å². The van der Waals surface area contributed by atoms with E-state index < -0.39 is 11.7 Å². The van der Waals surface area contributed by atoms with E-state index in [-0.39, 0.29) is 16.5 Å². The molecule has 17 heavy (non-hydrogen) atoms. The summed E-state index contributed by atoms with van der Waals surface area (Å²) in [6, 6.07) is 4.77. The van der Waals surface area contributed by atoms with Crippen molar-refractivity contribution in [2.24, 2.45) is 0 Å². The van der Waals surface area contributed by atoms with Gasteiger partial charge >= 0.3 is 6.18 Å². The molecule has 0 atom stereocenters. The molecule has 3 nitrogen and oxygen atoms in total. The first kappa shape index (κ1) is 11.8. The first-order valence-electron chi connectivity index (χ1n) is 4.49. The zero-order chi connectivity index (χ0) is 12.5. The van der Waals surface area contributed by atoms with Crippen LogP contribution in [0, 0.1) is 0 Å². The molecular formula is C10H5ClF3N3. The second-order valence-electron chi connectivity index (χ2n) is 3.19. The van der Waals surface area contributed by atoms with Crippen LogP contribution in [0.1, 0.15) is 5.56 Å². The van der Waals surface area contributed by atoms with Crippen LogP contribution in [0.2, 0.25) is 5.28 Å². The summed E-state index contributed by atoms with van der Waals surface area (Å²) < 4.78 is 37.4. The maximum atomic E-state index is 12.5. The summed E-state index contributed by atoms with van der Waals surface area (Å²) in [4.78, 5) is 3.66. The van der Waals surface area contributed by atoms with Crippen LogP contribution in [-0.4, -0.2) is 15.2 Å². The van der Waals surface area contributed by atoms with Gasteiger partial charge in [0.25, 0.3) is 0 Å². The number of hydrogen-bond donors (Lipinski definition) is 0. The fourth-order valence-electron chi connectivity index (χ4n) is 1.25. The Hall–Kier alpha value is -1.69. The highest BCUT2D eigenvalue weighted by atomic mass is 35.5. The molecule has 0 amide bonds. The van der Waals surface area contributed by atoms with E-state index in [1.165, 1.54) is 18.3 Å². The Labute approximate surface area is 99.3 Å². The lowest BCUT2D eigenvalue weighted by molar-refractivity contribution is -0.137. The van der Waals surface area contributed by atoms with Crippen molar-refractivity contribution in [2.45, 2.75) is 6.18 Å². The number of nitrogens with zero attached hydrogens (tertiary/aromatic N) is 3. The van der Waals surface area contributed by atoms with Gasteiger partial charge in [-0.05, 0) is 23.7 Å². The van der Waals surface area contributed by atoms with Crippen molar-refractivity contribution in [1.29, 1.82) is 0 Å². The first-order chi connectivity index (χ1) is 7.97. The monoisotopic (exact) mass is 259 g/mol. The normalized spacial score (nSPS) is 11.5. The maximum absolute atomic E-state index is 12.5. The molecule has 0 aliphatic rings. The highest BCUT2D eigenvalue weighted by Crippen LogP contribution is 2.31. The summed E-state index contributed by atoms with van der Waals surface area (Å²) in [5.74, 6) is 0. The Morgan fingerprint density at radius 2 is 1.88 bits per heavy atom. The van der Waals surface area contributed by atoms with Crippen molar-refractivity contribution in [2.75, 3.05) is 0 Å². The zero-order valence-corrected chi connectivity index (χ0v) is 9.00. The average molecular weight is 260 g/mol.